The van der Waals surface area contributed by atoms with Crippen molar-refractivity contribution in [2.24, 2.45) is 0 Å². The summed E-state index contributed by atoms with van der Waals surface area (Å²) in [6.07, 6.45) is 0.625. The number of nitrogens with one attached hydrogen (secondary N) is 1. The highest BCUT2D eigenvalue weighted by atomic mass is 32.2. The van der Waals surface area contributed by atoms with Crippen molar-refractivity contribution < 1.29 is 8.42 Å². The zero-order valence-electron chi connectivity index (χ0n) is 9.51. The molecule has 0 saturated heterocycles. The van der Waals surface area contributed by atoms with Gasteiger partial charge < -0.3 is 5.32 Å². The zero-order chi connectivity index (χ0) is 12.0. The minimum atomic E-state index is -3.15. The van der Waals surface area contributed by atoms with E-state index in [9.17, 15) is 8.42 Å². The van der Waals surface area contributed by atoms with Gasteiger partial charge in [0.05, 0.1) is 23.5 Å². The Labute approximate surface area is 101 Å². The van der Waals surface area contributed by atoms with Crippen LogP contribution in [0.2, 0.25) is 0 Å². The number of rotatable bonds is 7. The zero-order valence-corrected chi connectivity index (χ0v) is 11.1. The van der Waals surface area contributed by atoms with Crippen molar-refractivity contribution in [3.8, 4) is 0 Å². The Morgan fingerprint density at radius 1 is 1.56 bits per heavy atom. The van der Waals surface area contributed by atoms with Crippen molar-refractivity contribution in [2.45, 2.75) is 13.0 Å². The Balaban J connectivity index is 2.48. The Kier molecular flexibility index (Phi) is 5.33. The van der Waals surface area contributed by atoms with Gasteiger partial charge in [-0.1, -0.05) is 0 Å². The monoisotopic (exact) mass is 263 g/mol. The van der Waals surface area contributed by atoms with Crippen LogP contribution in [0.3, 0.4) is 0 Å². The summed E-state index contributed by atoms with van der Waals surface area (Å²) in [6, 6.07) is 0. The third-order valence-corrected chi connectivity index (χ3v) is 4.69. The molecule has 0 spiro atoms. The van der Waals surface area contributed by atoms with E-state index >= 15 is 0 Å². The van der Waals surface area contributed by atoms with Gasteiger partial charge in [-0.3, -0.25) is 0 Å². The van der Waals surface area contributed by atoms with Crippen LogP contribution in [-0.2, 0) is 16.6 Å². The van der Waals surface area contributed by atoms with Crippen LogP contribution in [0, 0.1) is 0 Å². The van der Waals surface area contributed by atoms with Gasteiger partial charge in [0.1, 0.15) is 0 Å². The smallest absolute Gasteiger partial charge is 0.214 e. The van der Waals surface area contributed by atoms with E-state index < -0.39 is 10.0 Å². The summed E-state index contributed by atoms with van der Waals surface area (Å²) in [5, 5.41) is 4.79. The predicted octanol–water partition coefficient (Wildman–Crippen LogP) is 0.514. The maximum absolute atomic E-state index is 11.8. The van der Waals surface area contributed by atoms with Gasteiger partial charge in [-0.15, -0.1) is 11.3 Å². The topological polar surface area (TPSA) is 62.3 Å². The normalized spacial score (nSPS) is 12.2. The number of hydrogen-bond acceptors (Lipinski definition) is 5. The van der Waals surface area contributed by atoms with Crippen LogP contribution in [0.25, 0.3) is 0 Å². The van der Waals surface area contributed by atoms with Crippen molar-refractivity contribution >= 4 is 21.4 Å². The number of aromatic nitrogens is 1. The van der Waals surface area contributed by atoms with E-state index in [0.29, 0.717) is 19.5 Å². The lowest BCUT2D eigenvalue weighted by atomic mass is 10.5. The molecule has 1 N–H and O–H groups in total. The first-order valence-electron chi connectivity index (χ1n) is 5.02. The summed E-state index contributed by atoms with van der Waals surface area (Å²) >= 11 is 1.47. The number of sulfonamides is 1. The van der Waals surface area contributed by atoms with Crippen LogP contribution >= 0.6 is 11.3 Å². The quantitative estimate of drug-likeness (QED) is 0.728. The molecule has 1 rings (SSSR count). The van der Waals surface area contributed by atoms with E-state index in [1.54, 1.807) is 12.6 Å². The van der Waals surface area contributed by atoms with Crippen LogP contribution in [0.15, 0.2) is 10.9 Å². The summed E-state index contributed by atoms with van der Waals surface area (Å²) in [5.41, 5.74) is 2.50. The van der Waals surface area contributed by atoms with E-state index in [-0.39, 0.29) is 5.75 Å². The molecule has 1 aromatic heterocycles. The molecule has 0 amide bonds. The van der Waals surface area contributed by atoms with E-state index in [4.69, 9.17) is 0 Å². The lowest BCUT2D eigenvalue weighted by Gasteiger charge is -2.15. The molecule has 0 fully saturated rings. The standard InChI is InChI=1S/C9H17N3O2S2/c1-10-4-3-5-16(13,14)12(2)6-9-7-15-8-11-9/h7-8,10H,3-6H2,1-2H3. The van der Waals surface area contributed by atoms with Gasteiger partial charge in [-0.2, -0.15) is 4.31 Å². The van der Waals surface area contributed by atoms with Crippen molar-refractivity contribution in [1.82, 2.24) is 14.6 Å². The Morgan fingerprint density at radius 2 is 2.31 bits per heavy atom. The van der Waals surface area contributed by atoms with Crippen LogP contribution in [0.5, 0.6) is 0 Å². The van der Waals surface area contributed by atoms with E-state index in [0.717, 1.165) is 5.69 Å². The highest BCUT2D eigenvalue weighted by Gasteiger charge is 2.17. The van der Waals surface area contributed by atoms with Crippen LogP contribution in [0.1, 0.15) is 12.1 Å². The molecule has 92 valence electrons. The average molecular weight is 263 g/mol. The second kappa shape index (κ2) is 6.29. The fourth-order valence-electron chi connectivity index (χ4n) is 1.23. The molecule has 0 aliphatic rings. The molecule has 0 atom stereocenters. The van der Waals surface area contributed by atoms with E-state index in [1.165, 1.54) is 15.6 Å². The van der Waals surface area contributed by atoms with Crippen molar-refractivity contribution in [2.75, 3.05) is 26.4 Å². The molecule has 0 saturated carbocycles. The second-order valence-corrected chi connectivity index (χ2v) is 6.42. The Hall–Kier alpha value is -0.500. The Morgan fingerprint density at radius 3 is 2.88 bits per heavy atom. The summed E-state index contributed by atoms with van der Waals surface area (Å²) in [6.45, 7) is 1.06. The molecule has 0 aromatic carbocycles. The van der Waals surface area contributed by atoms with Crippen LogP contribution in [0.4, 0.5) is 0 Å². The third-order valence-electron chi connectivity index (χ3n) is 2.17. The molecule has 1 heterocycles. The first kappa shape index (κ1) is 13.6. The maximum atomic E-state index is 11.8. The van der Waals surface area contributed by atoms with Crippen LogP contribution < -0.4 is 5.32 Å². The molecule has 0 radical (unpaired) electrons. The molecule has 0 bridgehead atoms. The molecule has 5 nitrogen and oxygen atoms in total. The lowest BCUT2D eigenvalue weighted by Crippen LogP contribution is -2.30. The van der Waals surface area contributed by atoms with Gasteiger partial charge in [0.25, 0.3) is 0 Å². The van der Waals surface area contributed by atoms with Gasteiger partial charge in [-0.05, 0) is 20.0 Å². The molecule has 7 heteroatoms. The third kappa shape index (κ3) is 4.17. The van der Waals surface area contributed by atoms with Crippen molar-refractivity contribution in [3.05, 3.63) is 16.6 Å². The molecular weight excluding hydrogens is 246 g/mol. The summed E-state index contributed by atoms with van der Waals surface area (Å²) in [7, 11) is 0.252. The molecule has 0 aliphatic heterocycles. The SMILES string of the molecule is CNCCCS(=O)(=O)N(C)Cc1cscn1. The fraction of sp³-hybridized carbons (Fsp3) is 0.667. The number of thiazole rings is 1. The highest BCUT2D eigenvalue weighted by Crippen LogP contribution is 2.08. The van der Waals surface area contributed by atoms with Crippen molar-refractivity contribution in [1.29, 1.82) is 0 Å². The summed E-state index contributed by atoms with van der Waals surface area (Å²) < 4.78 is 25.0. The average Bonchev–Trinajstić information content (AvgIpc) is 2.70. The summed E-state index contributed by atoms with van der Waals surface area (Å²) in [5.74, 6) is 0.175. The predicted molar refractivity (Wildman–Crippen MR) is 65.9 cm³/mol. The first-order valence-corrected chi connectivity index (χ1v) is 7.57. The van der Waals surface area contributed by atoms with Crippen LogP contribution in [-0.4, -0.2) is 44.1 Å². The van der Waals surface area contributed by atoms with Gasteiger partial charge in [0, 0.05) is 12.4 Å². The number of nitrogens with zero attached hydrogens (tertiary/aromatic N) is 2. The maximum Gasteiger partial charge on any atom is 0.214 e. The summed E-state index contributed by atoms with van der Waals surface area (Å²) in [4.78, 5) is 4.07. The lowest BCUT2D eigenvalue weighted by molar-refractivity contribution is 0.461. The van der Waals surface area contributed by atoms with E-state index in [1.807, 2.05) is 12.4 Å². The largest absolute Gasteiger partial charge is 0.320 e. The fourth-order valence-corrected chi connectivity index (χ4v) is 2.93. The minimum absolute atomic E-state index is 0.175. The molecule has 1 aromatic rings. The molecule has 0 aliphatic carbocycles. The van der Waals surface area contributed by atoms with Gasteiger partial charge in [0.2, 0.25) is 10.0 Å². The minimum Gasteiger partial charge on any atom is -0.320 e. The Bertz CT molecular complexity index is 389. The van der Waals surface area contributed by atoms with Gasteiger partial charge in [0.15, 0.2) is 0 Å². The van der Waals surface area contributed by atoms with Gasteiger partial charge >= 0.3 is 0 Å². The highest BCUT2D eigenvalue weighted by molar-refractivity contribution is 7.89. The molecular formula is C9H17N3O2S2. The van der Waals surface area contributed by atoms with E-state index in [2.05, 4.69) is 10.3 Å². The first-order chi connectivity index (χ1) is 7.56. The number of hydrogen-bond donors (Lipinski definition) is 1. The van der Waals surface area contributed by atoms with Crippen molar-refractivity contribution in [3.63, 3.8) is 0 Å². The van der Waals surface area contributed by atoms with Gasteiger partial charge in [-0.25, -0.2) is 13.4 Å². The second-order valence-electron chi connectivity index (χ2n) is 3.51. The molecule has 16 heavy (non-hydrogen) atoms. The molecule has 0 unspecified atom stereocenters.